The van der Waals surface area contributed by atoms with Gasteiger partial charge in [-0.1, -0.05) is 29.8 Å². The number of carbonyl (C=O) groups is 1. The molecule has 0 unspecified atom stereocenters. The molecule has 0 radical (unpaired) electrons. The summed E-state index contributed by atoms with van der Waals surface area (Å²) in [4.78, 5) is 16.9. The number of hydrogen-bond acceptors (Lipinski definition) is 3. The topological polar surface area (TPSA) is 32.8 Å². The van der Waals surface area contributed by atoms with Crippen molar-refractivity contribution < 1.29 is 13.9 Å². The van der Waals surface area contributed by atoms with Crippen LogP contribution < -0.4 is 4.74 Å². The van der Waals surface area contributed by atoms with E-state index in [1.54, 1.807) is 12.1 Å². The van der Waals surface area contributed by atoms with Gasteiger partial charge in [0.15, 0.2) is 11.6 Å². The van der Waals surface area contributed by atoms with Gasteiger partial charge in [-0.05, 0) is 41.8 Å². The van der Waals surface area contributed by atoms with E-state index in [1.165, 1.54) is 7.11 Å². The monoisotopic (exact) mass is 402 g/mol. The molecule has 0 bridgehead atoms. The number of halogens is 2. The van der Waals surface area contributed by atoms with Crippen LogP contribution in [0.3, 0.4) is 0 Å². The van der Waals surface area contributed by atoms with Crippen molar-refractivity contribution in [1.82, 2.24) is 9.80 Å². The Hall–Kier alpha value is -2.11. The van der Waals surface area contributed by atoms with E-state index in [1.807, 2.05) is 35.2 Å². The molecule has 2 aromatic carbocycles. The first kappa shape index (κ1) is 19.2. The lowest BCUT2D eigenvalue weighted by Gasteiger charge is -2.48. The number of nitrogens with zero attached hydrogens (tertiary/aromatic N) is 2. The highest BCUT2D eigenvalue weighted by Gasteiger charge is 2.48. The van der Waals surface area contributed by atoms with Crippen molar-refractivity contribution in [1.29, 1.82) is 0 Å². The Labute approximate surface area is 169 Å². The minimum absolute atomic E-state index is 0.176. The molecule has 28 heavy (non-hydrogen) atoms. The summed E-state index contributed by atoms with van der Waals surface area (Å²) in [6.45, 7) is 4.25. The predicted octanol–water partition coefficient (Wildman–Crippen LogP) is 3.76. The number of methoxy groups -OCH3 is 1. The molecular formula is C22H24ClFN2O2. The Balaban J connectivity index is 1.28. The highest BCUT2D eigenvalue weighted by Crippen LogP contribution is 2.40. The van der Waals surface area contributed by atoms with Crippen LogP contribution in [0.1, 0.15) is 17.5 Å². The lowest BCUT2D eigenvalue weighted by molar-refractivity contribution is -0.130. The molecule has 2 heterocycles. The van der Waals surface area contributed by atoms with Crippen LogP contribution in [-0.2, 0) is 17.8 Å². The molecule has 148 valence electrons. The molecule has 2 fully saturated rings. The van der Waals surface area contributed by atoms with E-state index in [0.29, 0.717) is 11.4 Å². The van der Waals surface area contributed by atoms with Crippen molar-refractivity contribution in [2.45, 2.75) is 19.4 Å². The number of carbonyl (C=O) groups excluding carboxylic acids is 1. The molecule has 2 saturated heterocycles. The second-order valence-corrected chi connectivity index (χ2v) is 8.42. The number of rotatable bonds is 5. The van der Waals surface area contributed by atoms with Crippen molar-refractivity contribution in [2.75, 3.05) is 33.3 Å². The standard InChI is InChI=1S/C22H24ClFN2O2/c1-28-20-7-4-17(10-19(20)24)12-25-13-22(14-25)8-9-26(15-22)21(27)11-16-2-5-18(23)6-3-16/h2-7,10H,8-9,11-15H2,1H3. The average molecular weight is 403 g/mol. The summed E-state index contributed by atoms with van der Waals surface area (Å²) in [5.74, 6) is 0.124. The Bertz CT molecular complexity index is 865. The third-order valence-electron chi connectivity index (χ3n) is 5.80. The fraction of sp³-hybridized carbons (Fsp3) is 0.409. The molecule has 2 aliphatic heterocycles. The van der Waals surface area contributed by atoms with Crippen molar-refractivity contribution >= 4 is 17.5 Å². The fourth-order valence-electron chi connectivity index (χ4n) is 4.38. The van der Waals surface area contributed by atoms with Crippen LogP contribution in [0, 0.1) is 11.2 Å². The highest BCUT2D eigenvalue weighted by molar-refractivity contribution is 6.30. The normalized spacial score (nSPS) is 18.3. The molecule has 2 aliphatic rings. The molecule has 6 heteroatoms. The molecule has 0 N–H and O–H groups in total. The Morgan fingerprint density at radius 3 is 2.54 bits per heavy atom. The van der Waals surface area contributed by atoms with Crippen molar-refractivity contribution in [3.8, 4) is 5.75 Å². The second-order valence-electron chi connectivity index (χ2n) is 7.98. The van der Waals surface area contributed by atoms with E-state index in [-0.39, 0.29) is 22.9 Å². The smallest absolute Gasteiger partial charge is 0.227 e. The zero-order chi connectivity index (χ0) is 19.7. The number of ether oxygens (including phenoxy) is 1. The van der Waals surface area contributed by atoms with Crippen LogP contribution in [0.2, 0.25) is 5.02 Å². The van der Waals surface area contributed by atoms with E-state index >= 15 is 0 Å². The van der Waals surface area contributed by atoms with E-state index in [9.17, 15) is 9.18 Å². The van der Waals surface area contributed by atoms with Gasteiger partial charge in [0, 0.05) is 43.2 Å². The van der Waals surface area contributed by atoms with Crippen molar-refractivity contribution in [2.24, 2.45) is 5.41 Å². The summed E-state index contributed by atoms with van der Waals surface area (Å²) in [7, 11) is 1.47. The van der Waals surface area contributed by atoms with Gasteiger partial charge in [0.05, 0.1) is 13.5 Å². The van der Waals surface area contributed by atoms with Gasteiger partial charge in [-0.2, -0.15) is 0 Å². The van der Waals surface area contributed by atoms with Crippen LogP contribution in [-0.4, -0.2) is 49.0 Å². The predicted molar refractivity (Wildman–Crippen MR) is 107 cm³/mol. The first-order valence-electron chi connectivity index (χ1n) is 9.53. The first-order chi connectivity index (χ1) is 13.5. The fourth-order valence-corrected chi connectivity index (χ4v) is 4.50. The first-order valence-corrected chi connectivity index (χ1v) is 9.91. The average Bonchev–Trinajstić information content (AvgIpc) is 3.09. The largest absolute Gasteiger partial charge is 0.494 e. The summed E-state index contributed by atoms with van der Waals surface area (Å²) < 4.78 is 18.8. The molecule has 4 rings (SSSR count). The van der Waals surface area contributed by atoms with Gasteiger partial charge in [0.1, 0.15) is 0 Å². The van der Waals surface area contributed by atoms with Crippen molar-refractivity contribution in [3.05, 3.63) is 64.4 Å². The van der Waals surface area contributed by atoms with Gasteiger partial charge in [0.25, 0.3) is 0 Å². The van der Waals surface area contributed by atoms with Gasteiger partial charge in [-0.15, -0.1) is 0 Å². The van der Waals surface area contributed by atoms with E-state index in [0.717, 1.165) is 50.3 Å². The summed E-state index contributed by atoms with van der Waals surface area (Å²) >= 11 is 5.91. The number of hydrogen-bond donors (Lipinski definition) is 0. The zero-order valence-corrected chi connectivity index (χ0v) is 16.7. The van der Waals surface area contributed by atoms with Crippen molar-refractivity contribution in [3.63, 3.8) is 0 Å². The molecule has 1 spiro atoms. The third kappa shape index (κ3) is 4.01. The maximum atomic E-state index is 13.9. The molecule has 0 atom stereocenters. The quantitative estimate of drug-likeness (QED) is 0.763. The summed E-state index contributed by atoms with van der Waals surface area (Å²) in [6, 6.07) is 12.6. The Morgan fingerprint density at radius 1 is 1.14 bits per heavy atom. The van der Waals surface area contributed by atoms with Gasteiger partial charge in [-0.25, -0.2) is 4.39 Å². The van der Waals surface area contributed by atoms with Crippen LogP contribution in [0.25, 0.3) is 0 Å². The molecule has 0 aliphatic carbocycles. The maximum Gasteiger partial charge on any atom is 0.227 e. The molecule has 0 saturated carbocycles. The minimum Gasteiger partial charge on any atom is -0.494 e. The number of likely N-dealkylation sites (tertiary alicyclic amines) is 2. The van der Waals surface area contributed by atoms with Crippen LogP contribution in [0.15, 0.2) is 42.5 Å². The molecule has 2 aromatic rings. The third-order valence-corrected chi connectivity index (χ3v) is 6.05. The SMILES string of the molecule is COc1ccc(CN2CC3(CCN(C(=O)Cc4ccc(Cl)cc4)C3)C2)cc1F. The Morgan fingerprint density at radius 2 is 1.86 bits per heavy atom. The van der Waals surface area contributed by atoms with E-state index in [4.69, 9.17) is 16.3 Å². The number of amides is 1. The summed E-state index contributed by atoms with van der Waals surface area (Å²) in [5.41, 5.74) is 2.13. The second kappa shape index (κ2) is 7.72. The lowest BCUT2D eigenvalue weighted by atomic mass is 9.79. The van der Waals surface area contributed by atoms with Gasteiger partial charge in [-0.3, -0.25) is 9.69 Å². The highest BCUT2D eigenvalue weighted by atomic mass is 35.5. The number of benzene rings is 2. The van der Waals surface area contributed by atoms with Crippen LogP contribution >= 0.6 is 11.6 Å². The lowest BCUT2D eigenvalue weighted by Crippen LogP contribution is -2.57. The summed E-state index contributed by atoms with van der Waals surface area (Å²) in [5, 5.41) is 0.683. The maximum absolute atomic E-state index is 13.9. The molecule has 4 nitrogen and oxygen atoms in total. The minimum atomic E-state index is -0.324. The van der Waals surface area contributed by atoms with Crippen LogP contribution in [0.4, 0.5) is 4.39 Å². The van der Waals surface area contributed by atoms with Crippen LogP contribution in [0.5, 0.6) is 5.75 Å². The van der Waals surface area contributed by atoms with Gasteiger partial charge < -0.3 is 9.64 Å². The molecular weight excluding hydrogens is 379 g/mol. The summed E-state index contributed by atoms with van der Waals surface area (Å²) in [6.07, 6.45) is 1.45. The van der Waals surface area contributed by atoms with E-state index in [2.05, 4.69) is 4.90 Å². The Kier molecular flexibility index (Phi) is 5.30. The molecule has 1 amide bonds. The van der Waals surface area contributed by atoms with Gasteiger partial charge in [0.2, 0.25) is 5.91 Å². The van der Waals surface area contributed by atoms with E-state index < -0.39 is 0 Å². The van der Waals surface area contributed by atoms with Gasteiger partial charge >= 0.3 is 0 Å². The molecule has 0 aromatic heterocycles. The zero-order valence-electron chi connectivity index (χ0n) is 16.0.